The number of nitrogens with one attached hydrogen (secondary N) is 2. The third-order valence-electron chi connectivity index (χ3n) is 5.97. The molecule has 1 aliphatic carbocycles. The molecule has 0 bridgehead atoms. The van der Waals surface area contributed by atoms with E-state index in [-0.39, 0.29) is 30.1 Å². The Hall–Kier alpha value is -1.64. The second-order valence-corrected chi connectivity index (χ2v) is 11.2. The Morgan fingerprint density at radius 2 is 1.60 bits per heavy atom. The molecule has 1 aromatic rings. The number of ether oxygens (including phenoxy) is 1. The van der Waals surface area contributed by atoms with Crippen LogP contribution in [-0.2, 0) is 19.6 Å². The molecule has 30 heavy (non-hydrogen) atoms. The smallest absolute Gasteiger partial charge is 0.227 e. The summed E-state index contributed by atoms with van der Waals surface area (Å²) in [6, 6.07) is 7.90. The first-order valence-electron chi connectivity index (χ1n) is 11.0. The van der Waals surface area contributed by atoms with Crippen LogP contribution in [0.1, 0.15) is 53.4 Å². The first kappa shape index (κ1) is 23.0. The molecule has 0 spiro atoms. The van der Waals surface area contributed by atoms with Crippen molar-refractivity contribution in [2.45, 2.75) is 76.9 Å². The summed E-state index contributed by atoms with van der Waals surface area (Å²) in [6.07, 6.45) is 3.17. The molecule has 0 aromatic heterocycles. The molecule has 0 unspecified atom stereocenters. The van der Waals surface area contributed by atoms with E-state index in [0.717, 1.165) is 24.5 Å². The number of carbonyl (C=O) groups is 1. The van der Waals surface area contributed by atoms with E-state index in [0.29, 0.717) is 25.7 Å². The highest BCUT2D eigenvalue weighted by atomic mass is 32.2. The van der Waals surface area contributed by atoms with Gasteiger partial charge in [0.05, 0.1) is 17.5 Å². The van der Waals surface area contributed by atoms with Gasteiger partial charge >= 0.3 is 0 Å². The first-order chi connectivity index (χ1) is 14.1. The summed E-state index contributed by atoms with van der Waals surface area (Å²) in [5.74, 6) is -0.0630. The number of morpholine rings is 1. The maximum atomic E-state index is 12.7. The molecule has 1 heterocycles. The second-order valence-electron chi connectivity index (χ2n) is 8.96. The van der Waals surface area contributed by atoms with Gasteiger partial charge in [-0.05, 0) is 77.6 Å². The van der Waals surface area contributed by atoms with E-state index in [1.54, 1.807) is 13.8 Å². The topological polar surface area (TPSA) is 87.7 Å². The first-order valence-corrected chi connectivity index (χ1v) is 12.5. The summed E-state index contributed by atoms with van der Waals surface area (Å²) in [4.78, 5) is 15.0. The van der Waals surface area contributed by atoms with Gasteiger partial charge in [0.25, 0.3) is 0 Å². The van der Waals surface area contributed by atoms with E-state index in [2.05, 4.69) is 28.8 Å². The maximum Gasteiger partial charge on any atom is 0.227 e. The molecule has 2 aliphatic rings. The minimum Gasteiger partial charge on any atom is -0.372 e. The molecule has 0 radical (unpaired) electrons. The molecular weight excluding hydrogens is 402 g/mol. The molecular formula is C22H35N3O4S. The second kappa shape index (κ2) is 9.66. The molecule has 1 aromatic carbocycles. The van der Waals surface area contributed by atoms with Crippen LogP contribution < -0.4 is 14.9 Å². The standard InChI is InChI=1S/C22H35N3O4S/c1-15(2)30(27,28)24-20-7-5-18(6-8-20)22(26)23-19-9-11-21(12-10-19)25-13-16(3)29-17(4)14-25/h9-12,15-18,20,24H,5-8,13-14H2,1-4H3,(H,23,26)/t16-,17+,18-,20-. The van der Waals surface area contributed by atoms with Crippen LogP contribution in [0.25, 0.3) is 0 Å². The molecule has 1 saturated carbocycles. The van der Waals surface area contributed by atoms with Crippen LogP contribution >= 0.6 is 0 Å². The number of rotatable bonds is 6. The van der Waals surface area contributed by atoms with Crippen molar-refractivity contribution in [1.29, 1.82) is 0 Å². The van der Waals surface area contributed by atoms with E-state index in [1.165, 1.54) is 0 Å². The predicted molar refractivity (Wildman–Crippen MR) is 120 cm³/mol. The van der Waals surface area contributed by atoms with E-state index in [1.807, 2.05) is 24.3 Å². The van der Waals surface area contributed by atoms with Crippen molar-refractivity contribution in [3.05, 3.63) is 24.3 Å². The van der Waals surface area contributed by atoms with Gasteiger partial charge in [-0.1, -0.05) is 0 Å². The van der Waals surface area contributed by atoms with Gasteiger partial charge < -0.3 is 15.0 Å². The Kier molecular flexibility index (Phi) is 7.42. The Balaban J connectivity index is 1.50. The Labute approximate surface area is 180 Å². The third kappa shape index (κ3) is 5.95. The predicted octanol–water partition coefficient (Wildman–Crippen LogP) is 3.13. The Morgan fingerprint density at radius 1 is 1.03 bits per heavy atom. The van der Waals surface area contributed by atoms with Crippen LogP contribution in [0, 0.1) is 5.92 Å². The van der Waals surface area contributed by atoms with Crippen molar-refractivity contribution in [3.63, 3.8) is 0 Å². The van der Waals surface area contributed by atoms with Crippen molar-refractivity contribution >= 4 is 27.3 Å². The average molecular weight is 438 g/mol. The Morgan fingerprint density at radius 3 is 2.13 bits per heavy atom. The maximum absolute atomic E-state index is 12.7. The van der Waals surface area contributed by atoms with Crippen LogP contribution in [-0.4, -0.2) is 50.9 Å². The van der Waals surface area contributed by atoms with Crippen LogP contribution in [0.3, 0.4) is 0 Å². The molecule has 2 atom stereocenters. The lowest BCUT2D eigenvalue weighted by molar-refractivity contribution is -0.120. The van der Waals surface area contributed by atoms with E-state index >= 15 is 0 Å². The monoisotopic (exact) mass is 437 g/mol. The summed E-state index contributed by atoms with van der Waals surface area (Å²) < 4.78 is 32.6. The van der Waals surface area contributed by atoms with Gasteiger partial charge in [-0.15, -0.1) is 0 Å². The molecule has 1 aliphatic heterocycles. The molecule has 8 heteroatoms. The lowest BCUT2D eigenvalue weighted by Gasteiger charge is -2.36. The largest absolute Gasteiger partial charge is 0.372 e. The zero-order valence-corrected chi connectivity index (χ0v) is 19.2. The highest BCUT2D eigenvalue weighted by Gasteiger charge is 2.29. The number of hydrogen-bond acceptors (Lipinski definition) is 5. The summed E-state index contributed by atoms with van der Waals surface area (Å²) in [5, 5.41) is 2.58. The average Bonchev–Trinajstić information content (AvgIpc) is 2.68. The van der Waals surface area contributed by atoms with Crippen LogP contribution in [0.5, 0.6) is 0 Å². The van der Waals surface area contributed by atoms with Gasteiger partial charge in [-0.25, -0.2) is 13.1 Å². The normalized spacial score (nSPS) is 27.8. The fourth-order valence-electron chi connectivity index (χ4n) is 4.23. The van der Waals surface area contributed by atoms with Gasteiger partial charge in [0.1, 0.15) is 0 Å². The molecule has 2 fully saturated rings. The van der Waals surface area contributed by atoms with Gasteiger partial charge in [0, 0.05) is 36.4 Å². The fourth-order valence-corrected chi connectivity index (χ4v) is 5.20. The van der Waals surface area contributed by atoms with E-state index < -0.39 is 15.3 Å². The molecule has 1 amide bonds. The SMILES string of the molecule is CC(C)S(=O)(=O)N[C@H]1CC[C@H](C(=O)Nc2ccc(N3C[C@@H](C)O[C@@H](C)C3)cc2)CC1. The van der Waals surface area contributed by atoms with Crippen molar-refractivity contribution in [2.24, 2.45) is 5.92 Å². The fraction of sp³-hybridized carbons (Fsp3) is 0.682. The highest BCUT2D eigenvalue weighted by Crippen LogP contribution is 2.27. The lowest BCUT2D eigenvalue weighted by atomic mass is 9.86. The van der Waals surface area contributed by atoms with Crippen molar-refractivity contribution < 1.29 is 17.9 Å². The summed E-state index contributed by atoms with van der Waals surface area (Å²) in [5.41, 5.74) is 1.92. The van der Waals surface area contributed by atoms with Gasteiger partial charge in [0.2, 0.25) is 15.9 Å². The summed E-state index contributed by atoms with van der Waals surface area (Å²) in [7, 11) is -3.27. The lowest BCUT2D eigenvalue weighted by Crippen LogP contribution is -2.45. The van der Waals surface area contributed by atoms with Gasteiger partial charge in [-0.3, -0.25) is 4.79 Å². The highest BCUT2D eigenvalue weighted by molar-refractivity contribution is 7.90. The van der Waals surface area contributed by atoms with Crippen LogP contribution in [0.15, 0.2) is 24.3 Å². The minimum absolute atomic E-state index is 0.0153. The van der Waals surface area contributed by atoms with Crippen LogP contribution in [0.2, 0.25) is 0 Å². The molecule has 1 saturated heterocycles. The molecule has 7 nitrogen and oxygen atoms in total. The molecule has 168 valence electrons. The summed E-state index contributed by atoms with van der Waals surface area (Å²) in [6.45, 7) is 9.24. The van der Waals surface area contributed by atoms with E-state index in [9.17, 15) is 13.2 Å². The number of hydrogen-bond donors (Lipinski definition) is 2. The number of carbonyl (C=O) groups excluding carboxylic acids is 1. The minimum atomic E-state index is -3.27. The Bertz CT molecular complexity index is 807. The van der Waals surface area contributed by atoms with Crippen molar-refractivity contribution in [2.75, 3.05) is 23.3 Å². The number of amides is 1. The molecule has 3 rings (SSSR count). The van der Waals surface area contributed by atoms with Crippen molar-refractivity contribution in [1.82, 2.24) is 4.72 Å². The number of benzene rings is 1. The zero-order chi connectivity index (χ0) is 21.9. The molecule has 2 N–H and O–H groups in total. The van der Waals surface area contributed by atoms with Crippen molar-refractivity contribution in [3.8, 4) is 0 Å². The zero-order valence-electron chi connectivity index (χ0n) is 18.4. The summed E-state index contributed by atoms with van der Waals surface area (Å²) >= 11 is 0. The van der Waals surface area contributed by atoms with Gasteiger partial charge in [-0.2, -0.15) is 0 Å². The number of sulfonamides is 1. The van der Waals surface area contributed by atoms with Gasteiger partial charge in [0.15, 0.2) is 0 Å². The van der Waals surface area contributed by atoms with Crippen LogP contribution in [0.4, 0.5) is 11.4 Å². The number of anilines is 2. The van der Waals surface area contributed by atoms with E-state index in [4.69, 9.17) is 4.74 Å². The third-order valence-corrected chi connectivity index (χ3v) is 7.87. The quantitative estimate of drug-likeness (QED) is 0.714. The number of nitrogens with zero attached hydrogens (tertiary/aromatic N) is 1.